The maximum atomic E-state index is 13.0. The van der Waals surface area contributed by atoms with Crippen LogP contribution in [-0.2, 0) is 14.3 Å². The molecule has 0 bridgehead atoms. The van der Waals surface area contributed by atoms with E-state index < -0.39 is 35.9 Å². The number of ether oxygens (including phenoxy) is 1. The highest BCUT2D eigenvalue weighted by Gasteiger charge is 2.36. The van der Waals surface area contributed by atoms with Gasteiger partial charge in [0.15, 0.2) is 6.10 Å². The Morgan fingerprint density at radius 2 is 1.85 bits per heavy atom. The molecular weight excluding hydrogens is 343 g/mol. The molecule has 3 atom stereocenters. The minimum absolute atomic E-state index is 0.0753. The zero-order chi connectivity index (χ0) is 19.4. The van der Waals surface area contributed by atoms with Crippen molar-refractivity contribution >= 4 is 17.8 Å². The lowest BCUT2D eigenvalue weighted by Gasteiger charge is -2.37. The smallest absolute Gasteiger partial charge is 0.334 e. The van der Waals surface area contributed by atoms with Crippen molar-refractivity contribution in [3.8, 4) is 0 Å². The van der Waals surface area contributed by atoms with Gasteiger partial charge in [-0.15, -0.1) is 0 Å². The summed E-state index contributed by atoms with van der Waals surface area (Å²) in [5.74, 6) is -2.66. The van der Waals surface area contributed by atoms with Gasteiger partial charge in [0.1, 0.15) is 11.9 Å². The number of hydrogen-bond acceptors (Lipinski definition) is 4. The van der Waals surface area contributed by atoms with Gasteiger partial charge in [-0.25, -0.2) is 9.18 Å². The van der Waals surface area contributed by atoms with Gasteiger partial charge in [-0.1, -0.05) is 13.8 Å². The third-order valence-corrected chi connectivity index (χ3v) is 4.17. The first-order chi connectivity index (χ1) is 12.2. The monoisotopic (exact) mass is 366 g/mol. The second-order valence-corrected chi connectivity index (χ2v) is 6.72. The maximum Gasteiger partial charge on any atom is 0.334 e. The van der Waals surface area contributed by atoms with Crippen molar-refractivity contribution in [2.24, 2.45) is 5.92 Å². The predicted octanol–water partition coefficient (Wildman–Crippen LogP) is 1.28. The van der Waals surface area contributed by atoms with Crippen molar-refractivity contribution in [2.45, 2.75) is 39.0 Å². The molecular formula is C18H23FN2O5. The lowest BCUT2D eigenvalue weighted by Crippen LogP contribution is -2.58. The van der Waals surface area contributed by atoms with Crippen LogP contribution in [0.25, 0.3) is 0 Å². The zero-order valence-corrected chi connectivity index (χ0v) is 14.9. The minimum Gasteiger partial charge on any atom is -0.479 e. The number of aliphatic carboxylic acids is 1. The number of halogens is 1. The number of benzene rings is 1. The molecule has 26 heavy (non-hydrogen) atoms. The topological polar surface area (TPSA) is 95.9 Å². The number of carbonyl (C=O) groups excluding carboxylic acids is 2. The first kappa shape index (κ1) is 19.8. The van der Waals surface area contributed by atoms with Gasteiger partial charge in [-0.3, -0.25) is 9.59 Å². The normalized spacial score (nSPS) is 21.3. The molecule has 0 spiro atoms. The van der Waals surface area contributed by atoms with Crippen molar-refractivity contribution in [2.75, 3.05) is 13.1 Å². The Kier molecular flexibility index (Phi) is 6.31. The third-order valence-electron chi connectivity index (χ3n) is 4.17. The molecule has 1 saturated heterocycles. The van der Waals surface area contributed by atoms with E-state index in [9.17, 15) is 18.8 Å². The average Bonchev–Trinajstić information content (AvgIpc) is 2.58. The molecule has 2 amide bonds. The minimum atomic E-state index is -1.13. The van der Waals surface area contributed by atoms with Gasteiger partial charge in [0.05, 0.1) is 12.6 Å². The Hall–Kier alpha value is -2.48. The quantitative estimate of drug-likeness (QED) is 0.818. The van der Waals surface area contributed by atoms with E-state index in [-0.39, 0.29) is 30.5 Å². The van der Waals surface area contributed by atoms with Crippen LogP contribution in [0.5, 0.6) is 0 Å². The van der Waals surface area contributed by atoms with Crippen molar-refractivity contribution < 1.29 is 28.6 Å². The van der Waals surface area contributed by atoms with Crippen LogP contribution < -0.4 is 5.32 Å². The predicted molar refractivity (Wildman–Crippen MR) is 91.0 cm³/mol. The summed E-state index contributed by atoms with van der Waals surface area (Å²) in [7, 11) is 0. The van der Waals surface area contributed by atoms with E-state index in [0.29, 0.717) is 0 Å². The Morgan fingerprint density at radius 1 is 1.23 bits per heavy atom. The first-order valence-corrected chi connectivity index (χ1v) is 8.42. The third kappa shape index (κ3) is 4.78. The molecule has 0 radical (unpaired) electrons. The molecule has 1 aliphatic heterocycles. The number of nitrogens with zero attached hydrogens (tertiary/aromatic N) is 1. The highest BCUT2D eigenvalue weighted by molar-refractivity contribution is 5.97. The molecule has 0 aliphatic carbocycles. The van der Waals surface area contributed by atoms with Crippen LogP contribution in [0, 0.1) is 11.7 Å². The second-order valence-electron chi connectivity index (χ2n) is 6.72. The van der Waals surface area contributed by atoms with E-state index in [4.69, 9.17) is 9.84 Å². The number of amides is 2. The Morgan fingerprint density at radius 3 is 2.38 bits per heavy atom. The number of carboxylic acid groups (broad SMARTS) is 1. The maximum absolute atomic E-state index is 13.0. The Bertz CT molecular complexity index is 677. The zero-order valence-electron chi connectivity index (χ0n) is 14.9. The fourth-order valence-corrected chi connectivity index (χ4v) is 2.80. The van der Waals surface area contributed by atoms with E-state index in [2.05, 4.69) is 5.32 Å². The molecule has 0 aromatic heterocycles. The summed E-state index contributed by atoms with van der Waals surface area (Å²) in [4.78, 5) is 37.9. The van der Waals surface area contributed by atoms with Crippen molar-refractivity contribution in [3.63, 3.8) is 0 Å². The van der Waals surface area contributed by atoms with Crippen molar-refractivity contribution in [1.82, 2.24) is 10.2 Å². The molecule has 7 nitrogen and oxygen atoms in total. The van der Waals surface area contributed by atoms with Crippen LogP contribution in [0.1, 0.15) is 31.1 Å². The standard InChI is InChI=1S/C18H23FN2O5/c1-10(2)15(20-16(22)12-4-6-13(19)7-5-12)17(23)21-8-11(3)26-14(9-21)18(24)25/h4-7,10-11,14-15H,8-9H2,1-3H3,(H,20,22)(H,24,25)/t11-,14?,15?/m1/s1. The summed E-state index contributed by atoms with van der Waals surface area (Å²) >= 11 is 0. The van der Waals surface area contributed by atoms with Crippen LogP contribution in [0.15, 0.2) is 24.3 Å². The van der Waals surface area contributed by atoms with Gasteiger partial charge < -0.3 is 20.1 Å². The van der Waals surface area contributed by atoms with Gasteiger partial charge in [0.25, 0.3) is 5.91 Å². The molecule has 1 aromatic carbocycles. The van der Waals surface area contributed by atoms with Crippen LogP contribution >= 0.6 is 0 Å². The van der Waals surface area contributed by atoms with E-state index in [1.807, 2.05) is 0 Å². The summed E-state index contributed by atoms with van der Waals surface area (Å²) in [5.41, 5.74) is 0.239. The highest BCUT2D eigenvalue weighted by Crippen LogP contribution is 2.16. The van der Waals surface area contributed by atoms with E-state index >= 15 is 0 Å². The summed E-state index contributed by atoms with van der Waals surface area (Å²) in [6.07, 6.45) is -1.52. The molecule has 0 saturated carbocycles. The Labute approximate surface area is 151 Å². The number of rotatable bonds is 5. The van der Waals surface area contributed by atoms with Gasteiger partial charge in [-0.2, -0.15) is 0 Å². The molecule has 142 valence electrons. The van der Waals surface area contributed by atoms with E-state index in [1.165, 1.54) is 29.2 Å². The number of carbonyl (C=O) groups is 3. The summed E-state index contributed by atoms with van der Waals surface area (Å²) in [5, 5.41) is 11.8. The van der Waals surface area contributed by atoms with Gasteiger partial charge >= 0.3 is 5.97 Å². The van der Waals surface area contributed by atoms with Gasteiger partial charge in [-0.05, 0) is 37.1 Å². The lowest BCUT2D eigenvalue weighted by atomic mass is 10.0. The van der Waals surface area contributed by atoms with Gasteiger partial charge in [0.2, 0.25) is 5.91 Å². The van der Waals surface area contributed by atoms with Crippen molar-refractivity contribution in [1.29, 1.82) is 0 Å². The number of morpholine rings is 1. The fraction of sp³-hybridized carbons (Fsp3) is 0.500. The molecule has 8 heteroatoms. The number of nitrogens with one attached hydrogen (secondary N) is 1. The molecule has 1 fully saturated rings. The average molecular weight is 366 g/mol. The first-order valence-electron chi connectivity index (χ1n) is 8.42. The van der Waals surface area contributed by atoms with Crippen LogP contribution in [0.3, 0.4) is 0 Å². The highest BCUT2D eigenvalue weighted by atomic mass is 19.1. The largest absolute Gasteiger partial charge is 0.479 e. The molecule has 2 rings (SSSR count). The number of hydrogen-bond donors (Lipinski definition) is 2. The molecule has 2 unspecified atom stereocenters. The fourth-order valence-electron chi connectivity index (χ4n) is 2.80. The molecule has 1 heterocycles. The summed E-state index contributed by atoms with van der Waals surface area (Å²) in [6, 6.07) is 4.19. The molecule has 2 N–H and O–H groups in total. The summed E-state index contributed by atoms with van der Waals surface area (Å²) in [6.45, 7) is 5.43. The van der Waals surface area contributed by atoms with E-state index in [1.54, 1.807) is 20.8 Å². The molecule has 1 aromatic rings. The van der Waals surface area contributed by atoms with Crippen LogP contribution in [0.2, 0.25) is 0 Å². The van der Waals surface area contributed by atoms with Crippen LogP contribution in [0.4, 0.5) is 4.39 Å². The lowest BCUT2D eigenvalue weighted by molar-refractivity contribution is -0.167. The second kappa shape index (κ2) is 8.27. The van der Waals surface area contributed by atoms with Crippen LogP contribution in [-0.4, -0.2) is 59.1 Å². The SMILES string of the molecule is CC(C)C(NC(=O)c1ccc(F)cc1)C(=O)N1CC(C(=O)O)O[C@H](C)C1. The summed E-state index contributed by atoms with van der Waals surface area (Å²) < 4.78 is 18.3. The van der Waals surface area contributed by atoms with E-state index in [0.717, 1.165) is 0 Å². The van der Waals surface area contributed by atoms with Gasteiger partial charge in [0, 0.05) is 12.1 Å². The molecule has 1 aliphatic rings. The number of carboxylic acids is 1. The van der Waals surface area contributed by atoms with Crippen molar-refractivity contribution in [3.05, 3.63) is 35.6 Å². The Balaban J connectivity index is 2.12.